The van der Waals surface area contributed by atoms with Crippen LogP contribution in [0.4, 0.5) is 9.18 Å². The summed E-state index contributed by atoms with van der Waals surface area (Å²) in [5.74, 6) is 0.123. The fourth-order valence-corrected chi connectivity index (χ4v) is 3.24. The molecule has 2 fully saturated rings. The van der Waals surface area contributed by atoms with Crippen LogP contribution in [0.5, 0.6) is 0 Å². The molecule has 5 nitrogen and oxygen atoms in total. The molecular formula is C18H25FN2O3. The second-order valence-electron chi connectivity index (χ2n) is 7.01. The number of hydrogen-bond donors (Lipinski definition) is 2. The summed E-state index contributed by atoms with van der Waals surface area (Å²) < 4.78 is 18.4. The Morgan fingerprint density at radius 2 is 2.00 bits per heavy atom. The summed E-state index contributed by atoms with van der Waals surface area (Å²) in [5, 5.41) is 13.6. The van der Waals surface area contributed by atoms with Crippen LogP contribution in [0.25, 0.3) is 0 Å². The number of nitrogens with zero attached hydrogens (tertiary/aromatic N) is 1. The molecule has 0 radical (unpaired) electrons. The van der Waals surface area contributed by atoms with E-state index in [0.29, 0.717) is 32.0 Å². The lowest BCUT2D eigenvalue weighted by Gasteiger charge is -2.36. The molecule has 24 heavy (non-hydrogen) atoms. The highest BCUT2D eigenvalue weighted by atomic mass is 19.1. The molecule has 0 spiro atoms. The van der Waals surface area contributed by atoms with Crippen molar-refractivity contribution < 1.29 is 19.0 Å². The maximum Gasteiger partial charge on any atom is 0.317 e. The van der Waals surface area contributed by atoms with Crippen LogP contribution in [0, 0.1) is 11.7 Å². The van der Waals surface area contributed by atoms with Crippen LogP contribution in [-0.4, -0.2) is 48.4 Å². The van der Waals surface area contributed by atoms with E-state index in [1.54, 1.807) is 19.2 Å². The Morgan fingerprint density at radius 1 is 1.38 bits per heavy atom. The molecule has 1 aromatic rings. The van der Waals surface area contributed by atoms with Crippen LogP contribution in [-0.2, 0) is 4.74 Å². The Morgan fingerprint density at radius 3 is 2.58 bits per heavy atom. The van der Waals surface area contributed by atoms with Crippen molar-refractivity contribution in [2.75, 3.05) is 26.8 Å². The van der Waals surface area contributed by atoms with Gasteiger partial charge in [0.1, 0.15) is 5.82 Å². The minimum Gasteiger partial charge on any atom is -0.388 e. The van der Waals surface area contributed by atoms with E-state index >= 15 is 0 Å². The fraction of sp³-hybridized carbons (Fsp3) is 0.611. The molecule has 1 heterocycles. The zero-order valence-electron chi connectivity index (χ0n) is 14.0. The van der Waals surface area contributed by atoms with E-state index in [1.165, 1.54) is 17.0 Å². The third-order valence-electron chi connectivity index (χ3n) is 4.90. The summed E-state index contributed by atoms with van der Waals surface area (Å²) in [6.07, 6.45) is 3.20. The zero-order chi connectivity index (χ0) is 17.2. The molecule has 6 heteroatoms. The smallest absolute Gasteiger partial charge is 0.317 e. The van der Waals surface area contributed by atoms with Gasteiger partial charge in [-0.15, -0.1) is 0 Å². The zero-order valence-corrected chi connectivity index (χ0v) is 14.0. The van der Waals surface area contributed by atoms with Crippen molar-refractivity contribution >= 4 is 6.03 Å². The predicted octanol–water partition coefficient (Wildman–Crippen LogP) is 2.46. The van der Waals surface area contributed by atoms with Gasteiger partial charge in [0.15, 0.2) is 0 Å². The van der Waals surface area contributed by atoms with Crippen molar-refractivity contribution in [3.8, 4) is 0 Å². The Balaban J connectivity index is 1.61. The molecule has 2 amide bonds. The molecule has 0 bridgehead atoms. The van der Waals surface area contributed by atoms with Crippen LogP contribution in [0.3, 0.4) is 0 Å². The van der Waals surface area contributed by atoms with E-state index in [2.05, 4.69) is 5.32 Å². The second kappa shape index (κ2) is 7.07. The molecular weight excluding hydrogens is 311 g/mol. The van der Waals surface area contributed by atoms with E-state index in [9.17, 15) is 14.3 Å². The third kappa shape index (κ3) is 4.24. The number of hydrogen-bond acceptors (Lipinski definition) is 3. The summed E-state index contributed by atoms with van der Waals surface area (Å²) in [7, 11) is 1.69. The molecule has 1 aromatic carbocycles. The van der Waals surface area contributed by atoms with E-state index < -0.39 is 5.60 Å². The van der Waals surface area contributed by atoms with Crippen molar-refractivity contribution in [3.05, 3.63) is 35.6 Å². The second-order valence-corrected chi connectivity index (χ2v) is 7.01. The number of ether oxygens (including phenoxy) is 1. The standard InChI is InChI=1S/C18H25FN2O3/c1-21(12-18(23)8-10-24-11-9-18)17(22)20-16(13-2-3-13)14-4-6-15(19)7-5-14/h4-7,13,16,23H,2-3,8-12H2,1H3,(H,20,22). The molecule has 0 aromatic heterocycles. The quantitative estimate of drug-likeness (QED) is 0.868. The van der Waals surface area contributed by atoms with Crippen molar-refractivity contribution in [2.24, 2.45) is 5.92 Å². The van der Waals surface area contributed by atoms with Gasteiger partial charge in [-0.25, -0.2) is 9.18 Å². The topological polar surface area (TPSA) is 61.8 Å². The van der Waals surface area contributed by atoms with Gasteiger partial charge in [-0.3, -0.25) is 0 Å². The first-order valence-electron chi connectivity index (χ1n) is 8.54. The van der Waals surface area contributed by atoms with Gasteiger partial charge in [0.05, 0.1) is 18.2 Å². The minimum atomic E-state index is -0.880. The number of benzene rings is 1. The van der Waals surface area contributed by atoms with E-state index in [0.717, 1.165) is 18.4 Å². The Kier molecular flexibility index (Phi) is 5.06. The van der Waals surface area contributed by atoms with Crippen LogP contribution in [0.2, 0.25) is 0 Å². The number of carbonyl (C=O) groups excluding carboxylic acids is 1. The normalized spacial score (nSPS) is 21.1. The van der Waals surface area contributed by atoms with Gasteiger partial charge in [0, 0.05) is 33.1 Å². The number of carbonyl (C=O) groups is 1. The molecule has 1 aliphatic carbocycles. The number of halogens is 1. The number of nitrogens with one attached hydrogen (secondary N) is 1. The first-order chi connectivity index (χ1) is 11.5. The lowest BCUT2D eigenvalue weighted by molar-refractivity contribution is -0.0723. The maximum absolute atomic E-state index is 13.1. The molecule has 1 aliphatic heterocycles. The maximum atomic E-state index is 13.1. The summed E-state index contributed by atoms with van der Waals surface area (Å²) in [6, 6.07) is 5.98. The lowest BCUT2D eigenvalue weighted by Crippen LogP contribution is -2.50. The largest absolute Gasteiger partial charge is 0.388 e. The van der Waals surface area contributed by atoms with Crippen LogP contribution >= 0.6 is 0 Å². The van der Waals surface area contributed by atoms with Gasteiger partial charge in [-0.05, 0) is 36.5 Å². The Labute approximate surface area is 141 Å². The number of amides is 2. The number of aliphatic hydroxyl groups is 1. The average molecular weight is 336 g/mol. The first kappa shape index (κ1) is 17.2. The highest BCUT2D eigenvalue weighted by molar-refractivity contribution is 5.74. The van der Waals surface area contributed by atoms with Gasteiger partial charge in [-0.1, -0.05) is 12.1 Å². The van der Waals surface area contributed by atoms with E-state index in [4.69, 9.17) is 4.74 Å². The number of urea groups is 1. The summed E-state index contributed by atoms with van der Waals surface area (Å²) in [4.78, 5) is 14.1. The molecule has 3 rings (SSSR count). The minimum absolute atomic E-state index is 0.107. The molecule has 132 valence electrons. The molecule has 1 saturated heterocycles. The van der Waals surface area contributed by atoms with Crippen molar-refractivity contribution in [3.63, 3.8) is 0 Å². The monoisotopic (exact) mass is 336 g/mol. The molecule has 1 atom stereocenters. The van der Waals surface area contributed by atoms with E-state index in [-0.39, 0.29) is 24.4 Å². The van der Waals surface area contributed by atoms with Crippen LogP contribution in [0.15, 0.2) is 24.3 Å². The molecule has 2 aliphatic rings. The Hall–Kier alpha value is -1.66. The van der Waals surface area contributed by atoms with Gasteiger partial charge < -0.3 is 20.1 Å². The van der Waals surface area contributed by atoms with Crippen molar-refractivity contribution in [1.29, 1.82) is 0 Å². The molecule has 2 N–H and O–H groups in total. The molecule has 1 saturated carbocycles. The van der Waals surface area contributed by atoms with Crippen LogP contribution < -0.4 is 5.32 Å². The number of likely N-dealkylation sites (N-methyl/N-ethyl adjacent to an activating group) is 1. The Bertz CT molecular complexity index is 568. The van der Waals surface area contributed by atoms with Gasteiger partial charge in [0.25, 0.3) is 0 Å². The molecule has 1 unspecified atom stereocenters. The lowest BCUT2D eigenvalue weighted by atomic mass is 9.94. The van der Waals surface area contributed by atoms with Crippen molar-refractivity contribution in [2.45, 2.75) is 37.3 Å². The number of rotatable bonds is 5. The summed E-state index contributed by atoms with van der Waals surface area (Å²) in [5.41, 5.74) is 0.0420. The highest BCUT2D eigenvalue weighted by Gasteiger charge is 2.36. The van der Waals surface area contributed by atoms with Gasteiger partial charge >= 0.3 is 6.03 Å². The highest BCUT2D eigenvalue weighted by Crippen LogP contribution is 2.41. The van der Waals surface area contributed by atoms with Crippen LogP contribution in [0.1, 0.15) is 37.3 Å². The van der Waals surface area contributed by atoms with Crippen molar-refractivity contribution in [1.82, 2.24) is 10.2 Å². The first-order valence-corrected chi connectivity index (χ1v) is 8.54. The van der Waals surface area contributed by atoms with Gasteiger partial charge in [0.2, 0.25) is 0 Å². The third-order valence-corrected chi connectivity index (χ3v) is 4.90. The van der Waals surface area contributed by atoms with E-state index in [1.807, 2.05) is 0 Å². The predicted molar refractivity (Wildman–Crippen MR) is 88.0 cm³/mol. The van der Waals surface area contributed by atoms with Gasteiger partial charge in [-0.2, -0.15) is 0 Å². The summed E-state index contributed by atoms with van der Waals surface area (Å²) in [6.45, 7) is 1.32. The summed E-state index contributed by atoms with van der Waals surface area (Å²) >= 11 is 0. The SMILES string of the molecule is CN(CC1(O)CCOCC1)C(=O)NC(c1ccc(F)cc1)C1CC1. The average Bonchev–Trinajstić information content (AvgIpc) is 3.38. The fourth-order valence-electron chi connectivity index (χ4n) is 3.24.